The van der Waals surface area contributed by atoms with Crippen LogP contribution in [0.3, 0.4) is 0 Å². The SMILES string of the molecule is COc1ccc(-c2cc(Nc3ncnc4cc(OCC5CCN(C)CC5)c(OC)cc34)n[nH]2)cc1.Cl. The summed E-state index contributed by atoms with van der Waals surface area (Å²) in [7, 11) is 5.46. The van der Waals surface area contributed by atoms with E-state index in [-0.39, 0.29) is 12.4 Å². The molecule has 1 fully saturated rings. The lowest BCUT2D eigenvalue weighted by molar-refractivity contribution is 0.157. The van der Waals surface area contributed by atoms with Crippen molar-refractivity contribution < 1.29 is 14.2 Å². The molecule has 1 aliphatic rings. The molecule has 9 nitrogen and oxygen atoms in total. The smallest absolute Gasteiger partial charge is 0.163 e. The van der Waals surface area contributed by atoms with Crippen LogP contribution in [0.5, 0.6) is 17.2 Å². The number of piperidine rings is 1. The number of rotatable bonds is 8. The van der Waals surface area contributed by atoms with Crippen molar-refractivity contribution in [3.63, 3.8) is 0 Å². The highest BCUT2D eigenvalue weighted by molar-refractivity contribution is 5.93. The molecule has 1 saturated heterocycles. The molecular formula is C26H31ClN6O3. The first-order valence-corrected chi connectivity index (χ1v) is 11.7. The number of nitrogens with zero attached hydrogens (tertiary/aromatic N) is 4. The number of halogens is 1. The maximum atomic E-state index is 6.19. The Labute approximate surface area is 216 Å². The lowest BCUT2D eigenvalue weighted by Crippen LogP contribution is -2.32. The fourth-order valence-corrected chi connectivity index (χ4v) is 4.30. The molecule has 0 aliphatic carbocycles. The van der Waals surface area contributed by atoms with Gasteiger partial charge in [-0.15, -0.1) is 12.4 Å². The van der Waals surface area contributed by atoms with Gasteiger partial charge in [0.1, 0.15) is 17.9 Å². The molecule has 1 aliphatic heterocycles. The van der Waals surface area contributed by atoms with Crippen molar-refractivity contribution in [3.8, 4) is 28.5 Å². The summed E-state index contributed by atoms with van der Waals surface area (Å²) in [6.45, 7) is 2.89. The molecule has 36 heavy (non-hydrogen) atoms. The third kappa shape index (κ3) is 5.63. The van der Waals surface area contributed by atoms with Gasteiger partial charge in [0, 0.05) is 17.5 Å². The maximum absolute atomic E-state index is 6.19. The van der Waals surface area contributed by atoms with Crippen molar-refractivity contribution in [2.24, 2.45) is 5.92 Å². The zero-order valence-corrected chi connectivity index (χ0v) is 21.5. The molecule has 0 atom stereocenters. The van der Waals surface area contributed by atoms with Crippen LogP contribution in [-0.4, -0.2) is 66.0 Å². The highest BCUT2D eigenvalue weighted by atomic mass is 35.5. The molecular weight excluding hydrogens is 480 g/mol. The number of methoxy groups -OCH3 is 2. The van der Waals surface area contributed by atoms with E-state index in [9.17, 15) is 0 Å². The second-order valence-electron chi connectivity index (χ2n) is 8.82. The average molecular weight is 511 g/mol. The van der Waals surface area contributed by atoms with Gasteiger partial charge in [-0.1, -0.05) is 0 Å². The first-order valence-electron chi connectivity index (χ1n) is 11.7. The third-order valence-corrected chi connectivity index (χ3v) is 6.46. The molecule has 10 heteroatoms. The first kappa shape index (κ1) is 25.5. The molecule has 0 radical (unpaired) electrons. The highest BCUT2D eigenvalue weighted by Crippen LogP contribution is 2.35. The molecule has 0 amide bonds. The second kappa shape index (κ2) is 11.5. The number of likely N-dealkylation sites (tertiary alicyclic amines) is 1. The van der Waals surface area contributed by atoms with Gasteiger partial charge in [-0.25, -0.2) is 9.97 Å². The average Bonchev–Trinajstić information content (AvgIpc) is 3.36. The molecule has 0 bridgehead atoms. The monoisotopic (exact) mass is 510 g/mol. The van der Waals surface area contributed by atoms with E-state index in [0.29, 0.717) is 35.7 Å². The van der Waals surface area contributed by atoms with Gasteiger partial charge in [-0.3, -0.25) is 5.10 Å². The largest absolute Gasteiger partial charge is 0.497 e. The lowest BCUT2D eigenvalue weighted by atomic mass is 9.98. The highest BCUT2D eigenvalue weighted by Gasteiger charge is 2.19. The van der Waals surface area contributed by atoms with Crippen LogP contribution in [0.15, 0.2) is 48.8 Å². The van der Waals surface area contributed by atoms with Crippen LogP contribution in [0.4, 0.5) is 11.6 Å². The van der Waals surface area contributed by atoms with Crippen LogP contribution >= 0.6 is 12.4 Å². The van der Waals surface area contributed by atoms with Gasteiger partial charge in [0.25, 0.3) is 0 Å². The van der Waals surface area contributed by atoms with Crippen molar-refractivity contribution in [2.75, 3.05) is 46.3 Å². The Hall–Kier alpha value is -3.56. The van der Waals surface area contributed by atoms with Gasteiger partial charge in [0.2, 0.25) is 0 Å². The Morgan fingerprint density at radius 3 is 2.50 bits per heavy atom. The number of H-pyrrole nitrogens is 1. The number of aromatic amines is 1. The predicted molar refractivity (Wildman–Crippen MR) is 143 cm³/mol. The van der Waals surface area contributed by atoms with Gasteiger partial charge in [0.05, 0.1) is 32.0 Å². The molecule has 2 aromatic carbocycles. The number of anilines is 2. The number of hydrogen-bond donors (Lipinski definition) is 2. The van der Waals surface area contributed by atoms with Crippen LogP contribution < -0.4 is 19.5 Å². The minimum absolute atomic E-state index is 0. The Morgan fingerprint density at radius 2 is 1.78 bits per heavy atom. The standard InChI is InChI=1S/C26H30N6O3.ClH/c1-32-10-8-17(9-11-32)15-35-24-13-22-20(12-23(24)34-3)26(28-16-27-22)29-25-14-21(30-31-25)18-4-6-19(33-2)7-5-18;/h4-7,12-14,16-17H,8-11,15H2,1-3H3,(H2,27,28,29,30,31);1H. The number of hydrogen-bond acceptors (Lipinski definition) is 8. The normalized spacial score (nSPS) is 14.3. The summed E-state index contributed by atoms with van der Waals surface area (Å²) < 4.78 is 17.1. The van der Waals surface area contributed by atoms with E-state index in [4.69, 9.17) is 14.2 Å². The van der Waals surface area contributed by atoms with Gasteiger partial charge >= 0.3 is 0 Å². The summed E-state index contributed by atoms with van der Waals surface area (Å²) in [4.78, 5) is 11.3. The molecule has 5 rings (SSSR count). The van der Waals surface area contributed by atoms with Crippen LogP contribution in [0.25, 0.3) is 22.2 Å². The number of aromatic nitrogens is 4. The topological polar surface area (TPSA) is 97.4 Å². The minimum Gasteiger partial charge on any atom is -0.497 e. The van der Waals surface area contributed by atoms with E-state index in [2.05, 4.69) is 37.4 Å². The van der Waals surface area contributed by atoms with Gasteiger partial charge < -0.3 is 24.4 Å². The minimum atomic E-state index is 0. The Morgan fingerprint density at radius 1 is 1.00 bits per heavy atom. The van der Waals surface area contributed by atoms with E-state index in [1.54, 1.807) is 14.2 Å². The number of nitrogens with one attached hydrogen (secondary N) is 2. The fourth-order valence-electron chi connectivity index (χ4n) is 4.30. The van der Waals surface area contributed by atoms with Gasteiger partial charge in [-0.2, -0.15) is 5.10 Å². The predicted octanol–water partition coefficient (Wildman–Crippen LogP) is 4.92. The van der Waals surface area contributed by atoms with Crippen molar-refractivity contribution in [1.82, 2.24) is 25.1 Å². The van der Waals surface area contributed by atoms with Crippen molar-refractivity contribution in [3.05, 3.63) is 48.8 Å². The number of benzene rings is 2. The third-order valence-electron chi connectivity index (χ3n) is 6.46. The summed E-state index contributed by atoms with van der Waals surface area (Å²) in [6, 6.07) is 13.6. The zero-order valence-electron chi connectivity index (χ0n) is 20.7. The molecule has 0 unspecified atom stereocenters. The van der Waals surface area contributed by atoms with Crippen LogP contribution in [0.1, 0.15) is 12.8 Å². The molecule has 3 heterocycles. The summed E-state index contributed by atoms with van der Waals surface area (Å²) >= 11 is 0. The molecule has 190 valence electrons. The molecule has 2 N–H and O–H groups in total. The van der Waals surface area contributed by atoms with E-state index in [0.717, 1.165) is 53.8 Å². The quantitative estimate of drug-likeness (QED) is 0.344. The van der Waals surface area contributed by atoms with E-state index < -0.39 is 0 Å². The van der Waals surface area contributed by atoms with Gasteiger partial charge in [0.15, 0.2) is 17.3 Å². The second-order valence-corrected chi connectivity index (χ2v) is 8.82. The summed E-state index contributed by atoms with van der Waals surface area (Å²) in [6.07, 6.45) is 3.82. The van der Waals surface area contributed by atoms with Crippen molar-refractivity contribution in [1.29, 1.82) is 0 Å². The van der Waals surface area contributed by atoms with E-state index in [1.165, 1.54) is 6.33 Å². The zero-order chi connectivity index (χ0) is 24.2. The molecule has 2 aromatic heterocycles. The Balaban J connectivity index is 0.00000304. The van der Waals surface area contributed by atoms with Crippen LogP contribution in [-0.2, 0) is 0 Å². The lowest BCUT2D eigenvalue weighted by Gasteiger charge is -2.28. The first-order chi connectivity index (χ1) is 17.1. The maximum Gasteiger partial charge on any atom is 0.163 e. The molecule has 0 spiro atoms. The van der Waals surface area contributed by atoms with Crippen molar-refractivity contribution >= 4 is 34.9 Å². The Kier molecular flexibility index (Phi) is 8.12. The van der Waals surface area contributed by atoms with E-state index in [1.807, 2.05) is 42.5 Å². The Bertz CT molecular complexity index is 1290. The van der Waals surface area contributed by atoms with Crippen LogP contribution in [0, 0.1) is 5.92 Å². The molecule has 0 saturated carbocycles. The summed E-state index contributed by atoms with van der Waals surface area (Å²) in [5.41, 5.74) is 2.66. The summed E-state index contributed by atoms with van der Waals surface area (Å²) in [5.74, 6) is 4.01. The number of ether oxygens (including phenoxy) is 3. The number of fused-ring (bicyclic) bond motifs is 1. The summed E-state index contributed by atoms with van der Waals surface area (Å²) in [5, 5.41) is 11.6. The molecule has 4 aromatic rings. The van der Waals surface area contributed by atoms with Crippen molar-refractivity contribution in [2.45, 2.75) is 12.8 Å². The van der Waals surface area contributed by atoms with E-state index >= 15 is 0 Å². The fraction of sp³-hybridized carbons (Fsp3) is 0.346. The van der Waals surface area contributed by atoms with Crippen LogP contribution in [0.2, 0.25) is 0 Å². The van der Waals surface area contributed by atoms with Gasteiger partial charge in [-0.05, 0) is 74.8 Å².